The summed E-state index contributed by atoms with van der Waals surface area (Å²) in [6.07, 6.45) is 3.22. The Bertz CT molecular complexity index is 109. The Hall–Kier alpha value is -0.280. The zero-order valence-electron chi connectivity index (χ0n) is 7.51. The van der Waals surface area contributed by atoms with Crippen LogP contribution in [0.25, 0.3) is 0 Å². The summed E-state index contributed by atoms with van der Waals surface area (Å²) in [4.78, 5) is 10.1. The Morgan fingerprint density at radius 1 is 1.33 bits per heavy atom. The van der Waals surface area contributed by atoms with Gasteiger partial charge in [-0.1, -0.05) is 13.3 Å². The highest BCUT2D eigenvalue weighted by Gasteiger charge is 1.94. The fourth-order valence-corrected chi connectivity index (χ4v) is 0.880. The standard InChI is InChI=1S/C8H17NO2.ClH/c1-2-9-7-5-3-4-6-8(10)11;/h9H,2-7H2,1H3,(H,10,11);1H. The van der Waals surface area contributed by atoms with Crippen LogP contribution in [0.5, 0.6) is 0 Å². The summed E-state index contributed by atoms with van der Waals surface area (Å²) in [5, 5.41) is 11.5. The predicted molar refractivity (Wildman–Crippen MR) is 51.9 cm³/mol. The fourth-order valence-electron chi connectivity index (χ4n) is 0.880. The van der Waals surface area contributed by atoms with Crippen molar-refractivity contribution < 1.29 is 9.90 Å². The molecule has 0 aromatic rings. The topological polar surface area (TPSA) is 49.3 Å². The summed E-state index contributed by atoms with van der Waals surface area (Å²) in [6, 6.07) is 0. The van der Waals surface area contributed by atoms with E-state index in [1.54, 1.807) is 0 Å². The van der Waals surface area contributed by atoms with Gasteiger partial charge in [0.05, 0.1) is 0 Å². The first-order chi connectivity index (χ1) is 5.27. The van der Waals surface area contributed by atoms with E-state index in [1.165, 1.54) is 0 Å². The third-order valence-electron chi connectivity index (χ3n) is 1.49. The van der Waals surface area contributed by atoms with Crippen molar-refractivity contribution in [2.75, 3.05) is 13.1 Å². The van der Waals surface area contributed by atoms with Crippen LogP contribution in [0.3, 0.4) is 0 Å². The first-order valence-corrected chi connectivity index (χ1v) is 4.20. The van der Waals surface area contributed by atoms with E-state index in [2.05, 4.69) is 12.2 Å². The summed E-state index contributed by atoms with van der Waals surface area (Å²) in [5.41, 5.74) is 0. The molecule has 2 N–H and O–H groups in total. The van der Waals surface area contributed by atoms with Gasteiger partial charge in [0.2, 0.25) is 0 Å². The second-order valence-corrected chi connectivity index (χ2v) is 2.56. The SMILES string of the molecule is CCNCCCCCC(=O)O.Cl. The molecular weight excluding hydrogens is 178 g/mol. The van der Waals surface area contributed by atoms with Crippen LogP contribution in [0.1, 0.15) is 32.6 Å². The highest BCUT2D eigenvalue weighted by atomic mass is 35.5. The predicted octanol–water partition coefficient (Wildman–Crippen LogP) is 1.66. The van der Waals surface area contributed by atoms with E-state index in [4.69, 9.17) is 5.11 Å². The van der Waals surface area contributed by atoms with Gasteiger partial charge in [0, 0.05) is 6.42 Å². The normalized spacial score (nSPS) is 9.08. The molecule has 0 bridgehead atoms. The maximum absolute atomic E-state index is 10.1. The highest BCUT2D eigenvalue weighted by Crippen LogP contribution is 1.97. The smallest absolute Gasteiger partial charge is 0.303 e. The molecule has 3 nitrogen and oxygen atoms in total. The second kappa shape index (κ2) is 10.7. The van der Waals surface area contributed by atoms with E-state index in [1.807, 2.05) is 0 Å². The molecule has 0 atom stereocenters. The number of hydrogen-bond acceptors (Lipinski definition) is 2. The van der Waals surface area contributed by atoms with Gasteiger partial charge in [-0.05, 0) is 25.9 Å². The molecule has 12 heavy (non-hydrogen) atoms. The van der Waals surface area contributed by atoms with Gasteiger partial charge in [0.25, 0.3) is 0 Å². The fraction of sp³-hybridized carbons (Fsp3) is 0.875. The molecule has 0 fully saturated rings. The number of carbonyl (C=O) groups is 1. The maximum Gasteiger partial charge on any atom is 0.303 e. The quantitative estimate of drug-likeness (QED) is 0.608. The number of rotatable bonds is 7. The average Bonchev–Trinajstić information content (AvgIpc) is 1.96. The van der Waals surface area contributed by atoms with Crippen molar-refractivity contribution >= 4 is 18.4 Å². The number of carboxylic acids is 1. The minimum atomic E-state index is -0.687. The average molecular weight is 196 g/mol. The van der Waals surface area contributed by atoms with Gasteiger partial charge in [-0.15, -0.1) is 12.4 Å². The summed E-state index contributed by atoms with van der Waals surface area (Å²) >= 11 is 0. The molecule has 0 radical (unpaired) electrons. The molecule has 0 rings (SSSR count). The minimum Gasteiger partial charge on any atom is -0.481 e. The van der Waals surface area contributed by atoms with Crippen LogP contribution in [0.2, 0.25) is 0 Å². The Morgan fingerprint density at radius 3 is 2.50 bits per heavy atom. The van der Waals surface area contributed by atoms with Crippen molar-refractivity contribution in [3.8, 4) is 0 Å². The van der Waals surface area contributed by atoms with Crippen LogP contribution >= 0.6 is 12.4 Å². The number of halogens is 1. The van der Waals surface area contributed by atoms with Gasteiger partial charge in [-0.2, -0.15) is 0 Å². The van der Waals surface area contributed by atoms with E-state index in [-0.39, 0.29) is 12.4 Å². The van der Waals surface area contributed by atoms with Crippen molar-refractivity contribution in [1.29, 1.82) is 0 Å². The Morgan fingerprint density at radius 2 is 2.00 bits per heavy atom. The van der Waals surface area contributed by atoms with Gasteiger partial charge in [-0.3, -0.25) is 4.79 Å². The summed E-state index contributed by atoms with van der Waals surface area (Å²) in [7, 11) is 0. The van der Waals surface area contributed by atoms with Gasteiger partial charge in [-0.25, -0.2) is 0 Å². The lowest BCUT2D eigenvalue weighted by Crippen LogP contribution is -2.13. The zero-order valence-corrected chi connectivity index (χ0v) is 8.32. The number of unbranched alkanes of at least 4 members (excludes halogenated alkanes) is 2. The highest BCUT2D eigenvalue weighted by molar-refractivity contribution is 5.85. The van der Waals surface area contributed by atoms with Crippen molar-refractivity contribution in [2.24, 2.45) is 0 Å². The summed E-state index contributed by atoms with van der Waals surface area (Å²) < 4.78 is 0. The molecule has 0 amide bonds. The lowest BCUT2D eigenvalue weighted by atomic mass is 10.2. The van der Waals surface area contributed by atoms with E-state index in [9.17, 15) is 4.79 Å². The molecule has 0 aliphatic heterocycles. The van der Waals surface area contributed by atoms with Crippen LogP contribution in [0.15, 0.2) is 0 Å². The maximum atomic E-state index is 10.1. The molecule has 0 saturated carbocycles. The Labute approximate surface area is 80.0 Å². The van der Waals surface area contributed by atoms with Gasteiger partial charge in [0.15, 0.2) is 0 Å². The Balaban J connectivity index is 0. The number of aliphatic carboxylic acids is 1. The minimum absolute atomic E-state index is 0. The molecule has 4 heteroatoms. The summed E-state index contributed by atoms with van der Waals surface area (Å²) in [5.74, 6) is -0.687. The number of nitrogens with one attached hydrogen (secondary N) is 1. The lowest BCUT2D eigenvalue weighted by Gasteiger charge is -1.99. The molecule has 0 unspecified atom stereocenters. The third kappa shape index (κ3) is 12.4. The van der Waals surface area contributed by atoms with E-state index in [0.717, 1.165) is 32.4 Å². The van der Waals surface area contributed by atoms with Crippen LogP contribution in [-0.2, 0) is 4.79 Å². The molecular formula is C8H18ClNO2. The van der Waals surface area contributed by atoms with Gasteiger partial charge in [0.1, 0.15) is 0 Å². The number of carboxylic acid groups (broad SMARTS) is 1. The van der Waals surface area contributed by atoms with E-state index in [0.29, 0.717) is 6.42 Å². The number of hydrogen-bond donors (Lipinski definition) is 2. The van der Waals surface area contributed by atoms with E-state index >= 15 is 0 Å². The third-order valence-corrected chi connectivity index (χ3v) is 1.49. The second-order valence-electron chi connectivity index (χ2n) is 2.56. The first kappa shape index (κ1) is 14.3. The lowest BCUT2D eigenvalue weighted by molar-refractivity contribution is -0.137. The Kier molecular flexibility index (Phi) is 12.7. The molecule has 0 heterocycles. The monoisotopic (exact) mass is 195 g/mol. The zero-order chi connectivity index (χ0) is 8.53. The van der Waals surface area contributed by atoms with Crippen molar-refractivity contribution in [3.05, 3.63) is 0 Å². The molecule has 0 aromatic heterocycles. The first-order valence-electron chi connectivity index (χ1n) is 4.20. The molecule has 0 spiro atoms. The molecule has 0 aliphatic rings. The van der Waals surface area contributed by atoms with Crippen molar-refractivity contribution in [2.45, 2.75) is 32.6 Å². The largest absolute Gasteiger partial charge is 0.481 e. The van der Waals surface area contributed by atoms with Gasteiger partial charge >= 0.3 is 5.97 Å². The van der Waals surface area contributed by atoms with Crippen molar-refractivity contribution in [3.63, 3.8) is 0 Å². The van der Waals surface area contributed by atoms with Crippen LogP contribution in [0, 0.1) is 0 Å². The van der Waals surface area contributed by atoms with Crippen LogP contribution in [-0.4, -0.2) is 24.2 Å². The van der Waals surface area contributed by atoms with Crippen LogP contribution in [0.4, 0.5) is 0 Å². The van der Waals surface area contributed by atoms with Crippen LogP contribution < -0.4 is 5.32 Å². The van der Waals surface area contributed by atoms with Gasteiger partial charge < -0.3 is 10.4 Å². The van der Waals surface area contributed by atoms with Crippen molar-refractivity contribution in [1.82, 2.24) is 5.32 Å². The molecule has 0 aromatic carbocycles. The molecule has 0 saturated heterocycles. The molecule has 0 aliphatic carbocycles. The molecule has 74 valence electrons. The van der Waals surface area contributed by atoms with E-state index < -0.39 is 5.97 Å². The summed E-state index contributed by atoms with van der Waals surface area (Å²) in [6.45, 7) is 4.08.